The van der Waals surface area contributed by atoms with E-state index in [4.69, 9.17) is 5.11 Å². The van der Waals surface area contributed by atoms with Crippen molar-refractivity contribution in [3.8, 4) is 22.5 Å². The van der Waals surface area contributed by atoms with Crippen LogP contribution in [0.5, 0.6) is 0 Å². The van der Waals surface area contributed by atoms with Crippen molar-refractivity contribution in [2.24, 2.45) is 0 Å². The molecule has 0 bridgehead atoms. The maximum atomic E-state index is 12.4. The molecular formula is C19H17N3O3. The number of nitrogens with zero attached hydrogens (tertiary/aromatic N) is 1. The van der Waals surface area contributed by atoms with Gasteiger partial charge in [-0.1, -0.05) is 48.5 Å². The SMILES string of the molecule is CC(NC(=O)c1ccccc1-c1cc(-c2ccccc2)n[nH]1)C(=O)O. The van der Waals surface area contributed by atoms with Gasteiger partial charge in [-0.15, -0.1) is 0 Å². The standard InChI is InChI=1S/C19H17N3O3/c1-12(19(24)25)20-18(23)15-10-6-5-9-14(15)17-11-16(21-22-17)13-7-3-2-4-8-13/h2-12H,1H3,(H,20,23)(H,21,22)(H,24,25). The fraction of sp³-hybridized carbons (Fsp3) is 0.105. The number of carboxylic acids is 1. The second-order valence-corrected chi connectivity index (χ2v) is 5.61. The molecule has 0 aliphatic rings. The number of rotatable bonds is 5. The van der Waals surface area contributed by atoms with Gasteiger partial charge in [0.15, 0.2) is 0 Å². The number of carbonyl (C=O) groups is 2. The van der Waals surface area contributed by atoms with Crippen LogP contribution in [0.3, 0.4) is 0 Å². The number of hydrogen-bond acceptors (Lipinski definition) is 3. The summed E-state index contributed by atoms with van der Waals surface area (Å²) >= 11 is 0. The highest BCUT2D eigenvalue weighted by Gasteiger charge is 2.19. The first-order valence-corrected chi connectivity index (χ1v) is 7.80. The number of nitrogens with one attached hydrogen (secondary N) is 2. The molecule has 1 atom stereocenters. The molecule has 3 rings (SSSR count). The van der Waals surface area contributed by atoms with Gasteiger partial charge in [0.05, 0.1) is 11.4 Å². The zero-order chi connectivity index (χ0) is 17.8. The summed E-state index contributed by atoms with van der Waals surface area (Å²) in [5.74, 6) is -1.53. The van der Waals surface area contributed by atoms with Crippen LogP contribution in [0, 0.1) is 0 Å². The Labute approximate surface area is 144 Å². The van der Waals surface area contributed by atoms with Crippen LogP contribution in [-0.2, 0) is 4.79 Å². The zero-order valence-corrected chi connectivity index (χ0v) is 13.6. The minimum atomic E-state index is -1.08. The lowest BCUT2D eigenvalue weighted by Gasteiger charge is -2.11. The fourth-order valence-electron chi connectivity index (χ4n) is 2.47. The number of hydrogen-bond donors (Lipinski definition) is 3. The van der Waals surface area contributed by atoms with E-state index in [0.29, 0.717) is 16.8 Å². The summed E-state index contributed by atoms with van der Waals surface area (Å²) in [6.45, 7) is 1.42. The minimum absolute atomic E-state index is 0.388. The lowest BCUT2D eigenvalue weighted by atomic mass is 10.0. The van der Waals surface area contributed by atoms with Crippen molar-refractivity contribution >= 4 is 11.9 Å². The van der Waals surface area contributed by atoms with Gasteiger partial charge < -0.3 is 10.4 Å². The van der Waals surface area contributed by atoms with E-state index in [1.54, 1.807) is 18.2 Å². The molecule has 6 nitrogen and oxygen atoms in total. The lowest BCUT2D eigenvalue weighted by molar-refractivity contribution is -0.138. The predicted octanol–water partition coefficient (Wildman–Crippen LogP) is 2.95. The Morgan fingerprint density at radius 2 is 1.76 bits per heavy atom. The third-order valence-electron chi connectivity index (χ3n) is 3.83. The molecule has 25 heavy (non-hydrogen) atoms. The van der Waals surface area contributed by atoms with Crippen LogP contribution < -0.4 is 5.32 Å². The van der Waals surface area contributed by atoms with Crippen LogP contribution in [0.4, 0.5) is 0 Å². The fourth-order valence-corrected chi connectivity index (χ4v) is 2.47. The Morgan fingerprint density at radius 3 is 2.48 bits per heavy atom. The van der Waals surface area contributed by atoms with E-state index in [0.717, 1.165) is 11.3 Å². The van der Waals surface area contributed by atoms with Gasteiger partial charge in [0.1, 0.15) is 6.04 Å². The highest BCUT2D eigenvalue weighted by Crippen LogP contribution is 2.26. The third kappa shape index (κ3) is 3.58. The molecule has 1 unspecified atom stereocenters. The van der Waals surface area contributed by atoms with E-state index in [2.05, 4.69) is 15.5 Å². The highest BCUT2D eigenvalue weighted by molar-refractivity contribution is 6.02. The molecule has 0 saturated heterocycles. The van der Waals surface area contributed by atoms with E-state index in [1.807, 2.05) is 42.5 Å². The molecule has 0 radical (unpaired) electrons. The first kappa shape index (κ1) is 16.4. The predicted molar refractivity (Wildman–Crippen MR) is 94.0 cm³/mol. The molecule has 0 aliphatic heterocycles. The van der Waals surface area contributed by atoms with E-state index in [-0.39, 0.29) is 0 Å². The molecule has 6 heteroatoms. The summed E-state index contributed by atoms with van der Waals surface area (Å²) in [7, 11) is 0. The van der Waals surface area contributed by atoms with Crippen LogP contribution in [0.1, 0.15) is 17.3 Å². The zero-order valence-electron chi connectivity index (χ0n) is 13.6. The van der Waals surface area contributed by atoms with Gasteiger partial charge in [0, 0.05) is 16.7 Å². The van der Waals surface area contributed by atoms with E-state index in [9.17, 15) is 9.59 Å². The van der Waals surface area contributed by atoms with E-state index >= 15 is 0 Å². The summed E-state index contributed by atoms with van der Waals surface area (Å²) in [4.78, 5) is 23.4. The smallest absolute Gasteiger partial charge is 0.325 e. The Kier molecular flexibility index (Phi) is 4.61. The topological polar surface area (TPSA) is 95.1 Å². The molecule has 2 aromatic carbocycles. The highest BCUT2D eigenvalue weighted by atomic mass is 16.4. The van der Waals surface area contributed by atoms with Gasteiger partial charge in [-0.3, -0.25) is 14.7 Å². The minimum Gasteiger partial charge on any atom is -0.480 e. The van der Waals surface area contributed by atoms with Crippen molar-refractivity contribution in [2.75, 3.05) is 0 Å². The van der Waals surface area contributed by atoms with Crippen molar-refractivity contribution in [3.63, 3.8) is 0 Å². The first-order valence-electron chi connectivity index (χ1n) is 7.80. The van der Waals surface area contributed by atoms with Crippen LogP contribution in [0.2, 0.25) is 0 Å². The van der Waals surface area contributed by atoms with Gasteiger partial charge in [0.2, 0.25) is 0 Å². The summed E-state index contributed by atoms with van der Waals surface area (Å²) in [6, 6.07) is 17.6. The van der Waals surface area contributed by atoms with Crippen LogP contribution >= 0.6 is 0 Å². The van der Waals surface area contributed by atoms with Gasteiger partial charge in [0.25, 0.3) is 5.91 Å². The quantitative estimate of drug-likeness (QED) is 0.668. The third-order valence-corrected chi connectivity index (χ3v) is 3.83. The van der Waals surface area contributed by atoms with Crippen molar-refractivity contribution in [3.05, 3.63) is 66.2 Å². The molecular weight excluding hydrogens is 318 g/mol. The Balaban J connectivity index is 1.93. The molecule has 0 aliphatic carbocycles. The molecule has 3 N–H and O–H groups in total. The summed E-state index contributed by atoms with van der Waals surface area (Å²) < 4.78 is 0. The maximum Gasteiger partial charge on any atom is 0.325 e. The van der Waals surface area contributed by atoms with Crippen LogP contribution in [-0.4, -0.2) is 33.2 Å². The number of aromatic amines is 1. The summed E-state index contributed by atoms with van der Waals surface area (Å²) in [6.07, 6.45) is 0. The lowest BCUT2D eigenvalue weighted by Crippen LogP contribution is -2.38. The van der Waals surface area contributed by atoms with Crippen LogP contribution in [0.25, 0.3) is 22.5 Å². The van der Waals surface area contributed by atoms with Gasteiger partial charge >= 0.3 is 5.97 Å². The van der Waals surface area contributed by atoms with Crippen molar-refractivity contribution in [2.45, 2.75) is 13.0 Å². The second-order valence-electron chi connectivity index (χ2n) is 5.61. The number of carbonyl (C=O) groups excluding carboxylic acids is 1. The van der Waals surface area contributed by atoms with Gasteiger partial charge in [-0.05, 0) is 19.1 Å². The van der Waals surface area contributed by atoms with Gasteiger partial charge in [-0.2, -0.15) is 5.10 Å². The number of aromatic nitrogens is 2. The normalized spacial score (nSPS) is 11.7. The number of benzene rings is 2. The Hall–Kier alpha value is -3.41. The molecule has 1 aromatic heterocycles. The average molecular weight is 335 g/mol. The second kappa shape index (κ2) is 7.00. The molecule has 0 saturated carbocycles. The molecule has 0 fully saturated rings. The molecule has 3 aromatic rings. The molecule has 126 valence electrons. The molecule has 0 spiro atoms. The maximum absolute atomic E-state index is 12.4. The number of H-pyrrole nitrogens is 1. The number of amides is 1. The monoisotopic (exact) mass is 335 g/mol. The molecule has 1 heterocycles. The van der Waals surface area contributed by atoms with Crippen molar-refractivity contribution < 1.29 is 14.7 Å². The van der Waals surface area contributed by atoms with Crippen molar-refractivity contribution in [1.82, 2.24) is 15.5 Å². The van der Waals surface area contributed by atoms with Crippen molar-refractivity contribution in [1.29, 1.82) is 0 Å². The van der Waals surface area contributed by atoms with Gasteiger partial charge in [-0.25, -0.2) is 0 Å². The summed E-state index contributed by atoms with van der Waals surface area (Å²) in [5, 5.41) is 18.7. The average Bonchev–Trinajstić information content (AvgIpc) is 3.12. The summed E-state index contributed by atoms with van der Waals surface area (Å²) in [5.41, 5.74) is 3.47. The molecule has 1 amide bonds. The largest absolute Gasteiger partial charge is 0.480 e. The first-order chi connectivity index (χ1) is 12.1. The van der Waals surface area contributed by atoms with Crippen LogP contribution in [0.15, 0.2) is 60.7 Å². The van der Waals surface area contributed by atoms with E-state index < -0.39 is 17.9 Å². The number of carboxylic acid groups (broad SMARTS) is 1. The Bertz CT molecular complexity index is 903. The number of aliphatic carboxylic acids is 1. The Morgan fingerprint density at radius 1 is 1.08 bits per heavy atom. The van der Waals surface area contributed by atoms with E-state index in [1.165, 1.54) is 6.92 Å².